The number of likely N-dealkylation sites (N-methyl/N-ethyl adjacent to an activating group) is 1. The van der Waals surface area contributed by atoms with E-state index in [1.54, 1.807) is 23.1 Å². The van der Waals surface area contributed by atoms with Gasteiger partial charge in [-0.3, -0.25) is 14.3 Å². The van der Waals surface area contributed by atoms with Crippen molar-refractivity contribution < 1.29 is 9.53 Å². The number of carbonyl (C=O) groups is 1. The molecule has 5 rings (SSSR count). The molecule has 9 heteroatoms. The van der Waals surface area contributed by atoms with Crippen LogP contribution in [0, 0.1) is 0 Å². The fraction of sp³-hybridized carbons (Fsp3) is 0.324. The molecular formula is C34H40N6O3. The largest absolute Gasteiger partial charge is 0.492 e. The van der Waals surface area contributed by atoms with Gasteiger partial charge in [0.25, 0.3) is 11.5 Å². The molecule has 0 saturated heterocycles. The van der Waals surface area contributed by atoms with E-state index in [4.69, 9.17) is 4.74 Å². The van der Waals surface area contributed by atoms with Crippen molar-refractivity contribution in [2.45, 2.75) is 46.6 Å². The average Bonchev–Trinajstić information content (AvgIpc) is 3.63. The third kappa shape index (κ3) is 7.24. The van der Waals surface area contributed by atoms with E-state index < -0.39 is 0 Å². The van der Waals surface area contributed by atoms with Crippen LogP contribution in [0.4, 0.5) is 5.69 Å². The van der Waals surface area contributed by atoms with Gasteiger partial charge in [0.2, 0.25) is 0 Å². The summed E-state index contributed by atoms with van der Waals surface area (Å²) in [7, 11) is 0. The number of aromatic amines is 2. The first-order chi connectivity index (χ1) is 20.6. The highest BCUT2D eigenvalue weighted by Crippen LogP contribution is 2.27. The number of fused-ring (bicyclic) bond motifs is 1. The van der Waals surface area contributed by atoms with Crippen LogP contribution in [0.2, 0.25) is 0 Å². The summed E-state index contributed by atoms with van der Waals surface area (Å²) in [6, 6.07) is 17.9. The Balaban J connectivity index is 1.26. The molecule has 0 aliphatic rings. The molecule has 0 fully saturated rings. The lowest BCUT2D eigenvalue weighted by Crippen LogP contribution is -2.27. The topological polar surface area (TPSA) is 108 Å². The van der Waals surface area contributed by atoms with E-state index in [-0.39, 0.29) is 16.9 Å². The highest BCUT2D eigenvalue weighted by molar-refractivity contribution is 6.04. The number of nitrogens with one attached hydrogen (secondary N) is 3. The predicted molar refractivity (Wildman–Crippen MR) is 172 cm³/mol. The van der Waals surface area contributed by atoms with Crippen LogP contribution in [-0.4, -0.2) is 56.8 Å². The predicted octanol–water partition coefficient (Wildman–Crippen LogP) is 6.04. The first kappa shape index (κ1) is 29.8. The minimum Gasteiger partial charge on any atom is -0.492 e. The quantitative estimate of drug-likeness (QED) is 0.177. The van der Waals surface area contributed by atoms with Crippen molar-refractivity contribution in [1.82, 2.24) is 24.6 Å². The molecule has 9 nitrogen and oxygen atoms in total. The second-order valence-electron chi connectivity index (χ2n) is 11.8. The number of hydrogen-bond donors (Lipinski definition) is 3. The fourth-order valence-electron chi connectivity index (χ4n) is 5.00. The molecule has 0 aliphatic carbocycles. The summed E-state index contributed by atoms with van der Waals surface area (Å²) >= 11 is 0. The number of rotatable bonds is 11. The number of H-pyrrole nitrogens is 2. The maximum atomic E-state index is 13.0. The van der Waals surface area contributed by atoms with E-state index in [9.17, 15) is 9.59 Å². The number of ether oxygens (including phenoxy) is 1. The van der Waals surface area contributed by atoms with Crippen LogP contribution in [0.15, 0.2) is 78.0 Å². The molecular weight excluding hydrogens is 540 g/mol. The molecule has 0 aliphatic heterocycles. The Labute approximate surface area is 251 Å². The number of aromatic nitrogens is 4. The van der Waals surface area contributed by atoms with Gasteiger partial charge in [-0.15, -0.1) is 0 Å². The summed E-state index contributed by atoms with van der Waals surface area (Å²) in [6.45, 7) is 14.9. The van der Waals surface area contributed by atoms with Gasteiger partial charge >= 0.3 is 0 Å². The third-order valence-corrected chi connectivity index (χ3v) is 7.67. The molecule has 0 bridgehead atoms. The summed E-state index contributed by atoms with van der Waals surface area (Å²) in [4.78, 5) is 34.2. The lowest BCUT2D eigenvalue weighted by atomic mass is 9.87. The first-order valence-electron chi connectivity index (χ1n) is 14.8. The van der Waals surface area contributed by atoms with Crippen molar-refractivity contribution in [3.8, 4) is 17.0 Å². The Bertz CT molecular complexity index is 1750. The van der Waals surface area contributed by atoms with Crippen molar-refractivity contribution in [2.75, 3.05) is 31.6 Å². The number of amides is 1. The van der Waals surface area contributed by atoms with Crippen LogP contribution in [0.3, 0.4) is 0 Å². The Kier molecular flexibility index (Phi) is 8.82. The average molecular weight is 581 g/mol. The molecule has 0 saturated carbocycles. The first-order valence-corrected chi connectivity index (χ1v) is 14.8. The van der Waals surface area contributed by atoms with Crippen LogP contribution in [0.1, 0.15) is 56.1 Å². The van der Waals surface area contributed by atoms with E-state index in [0.29, 0.717) is 35.7 Å². The number of nitrogens with zero attached hydrogens (tertiary/aromatic N) is 3. The number of hydrogen-bond acceptors (Lipinski definition) is 5. The van der Waals surface area contributed by atoms with E-state index in [1.807, 2.05) is 24.3 Å². The van der Waals surface area contributed by atoms with Gasteiger partial charge in [0, 0.05) is 29.8 Å². The van der Waals surface area contributed by atoms with Crippen LogP contribution < -0.4 is 15.6 Å². The number of pyridine rings is 1. The zero-order valence-corrected chi connectivity index (χ0v) is 25.5. The van der Waals surface area contributed by atoms with E-state index in [0.717, 1.165) is 41.9 Å². The highest BCUT2D eigenvalue weighted by atomic mass is 16.5. The normalized spacial score (nSPS) is 11.8. The van der Waals surface area contributed by atoms with Crippen molar-refractivity contribution in [3.05, 3.63) is 100 Å². The Morgan fingerprint density at radius 2 is 1.81 bits per heavy atom. The lowest BCUT2D eigenvalue weighted by Gasteiger charge is -2.19. The summed E-state index contributed by atoms with van der Waals surface area (Å²) in [6.07, 6.45) is 4.76. The summed E-state index contributed by atoms with van der Waals surface area (Å²) < 4.78 is 7.71. The molecule has 224 valence electrons. The third-order valence-electron chi connectivity index (χ3n) is 7.67. The van der Waals surface area contributed by atoms with Crippen molar-refractivity contribution in [1.29, 1.82) is 0 Å². The van der Waals surface area contributed by atoms with Crippen molar-refractivity contribution in [3.63, 3.8) is 0 Å². The van der Waals surface area contributed by atoms with Crippen molar-refractivity contribution >= 4 is 22.5 Å². The Morgan fingerprint density at radius 3 is 2.53 bits per heavy atom. The molecule has 2 aromatic carbocycles. The molecule has 3 aromatic heterocycles. The minimum atomic E-state index is -0.310. The second kappa shape index (κ2) is 12.7. The lowest BCUT2D eigenvalue weighted by molar-refractivity contribution is 0.102. The van der Waals surface area contributed by atoms with Gasteiger partial charge < -0.3 is 24.9 Å². The fourth-order valence-corrected chi connectivity index (χ4v) is 5.00. The molecule has 1 amide bonds. The maximum absolute atomic E-state index is 13.0. The molecule has 3 N–H and O–H groups in total. The van der Waals surface area contributed by atoms with Crippen LogP contribution in [-0.2, 0) is 12.0 Å². The van der Waals surface area contributed by atoms with E-state index in [2.05, 4.69) is 84.2 Å². The second-order valence-corrected chi connectivity index (χ2v) is 11.8. The zero-order chi connectivity index (χ0) is 30.6. The van der Waals surface area contributed by atoms with Crippen LogP contribution in [0.5, 0.6) is 5.75 Å². The molecule has 5 aromatic rings. The molecule has 0 atom stereocenters. The number of carbonyl (C=O) groups excluding carboxylic acids is 1. The van der Waals surface area contributed by atoms with Crippen LogP contribution >= 0.6 is 0 Å². The molecule has 0 unspecified atom stereocenters. The Hall–Kier alpha value is -4.63. The van der Waals surface area contributed by atoms with Gasteiger partial charge in [0.1, 0.15) is 12.4 Å². The zero-order valence-electron chi connectivity index (χ0n) is 25.5. The van der Waals surface area contributed by atoms with Gasteiger partial charge in [0.05, 0.1) is 35.2 Å². The number of benzene rings is 2. The molecule has 0 spiro atoms. The SMILES string of the molecule is CCN(CC)CCOc1ccc2[nH]c(-c3cc(NC(=O)c4cnn(Cc5ccc(C(C)(C)C)cc5)c4)c[nH]c3=O)cc2c1. The van der Waals surface area contributed by atoms with E-state index in [1.165, 1.54) is 11.8 Å². The van der Waals surface area contributed by atoms with Gasteiger partial charge in [0.15, 0.2) is 0 Å². The summed E-state index contributed by atoms with van der Waals surface area (Å²) in [5.41, 5.74) is 5.07. The van der Waals surface area contributed by atoms with Gasteiger partial charge in [-0.05, 0) is 60.0 Å². The van der Waals surface area contributed by atoms with Gasteiger partial charge in [-0.1, -0.05) is 58.9 Å². The smallest absolute Gasteiger partial charge is 0.258 e. The molecule has 43 heavy (non-hydrogen) atoms. The van der Waals surface area contributed by atoms with E-state index >= 15 is 0 Å². The van der Waals surface area contributed by atoms with Crippen molar-refractivity contribution in [2.24, 2.45) is 0 Å². The minimum absolute atomic E-state index is 0.0921. The highest BCUT2D eigenvalue weighted by Gasteiger charge is 2.15. The molecule has 3 heterocycles. The maximum Gasteiger partial charge on any atom is 0.258 e. The van der Waals surface area contributed by atoms with Gasteiger partial charge in [-0.25, -0.2) is 0 Å². The standard InChI is InChI=1S/C34H40N6O3/c1-6-39(7-2)14-15-43-28-12-13-30-24(16-28)17-31(38-30)29-18-27(20-35-33(29)42)37-32(41)25-19-36-40(22-25)21-23-8-10-26(11-9-23)34(3,4)5/h8-13,16-20,22,38H,6-7,14-15,21H2,1-5H3,(H,35,42)(H,37,41). The van der Waals surface area contributed by atoms with Crippen LogP contribution in [0.25, 0.3) is 22.2 Å². The number of anilines is 1. The Morgan fingerprint density at radius 1 is 1.05 bits per heavy atom. The van der Waals surface area contributed by atoms with Gasteiger partial charge in [-0.2, -0.15) is 5.10 Å². The summed E-state index contributed by atoms with van der Waals surface area (Å²) in [5.74, 6) is 0.470. The monoisotopic (exact) mass is 580 g/mol. The molecule has 0 radical (unpaired) electrons. The summed E-state index contributed by atoms with van der Waals surface area (Å²) in [5, 5.41) is 8.19.